The van der Waals surface area contributed by atoms with Gasteiger partial charge in [0, 0.05) is 35.0 Å². The first kappa shape index (κ1) is 22.7. The Morgan fingerprint density at radius 1 is 0.886 bits per heavy atom. The molecule has 1 heterocycles. The Hall–Kier alpha value is -4.11. The van der Waals surface area contributed by atoms with Gasteiger partial charge < -0.3 is 9.88 Å². The number of hydrogen-bond acceptors (Lipinski definition) is 6. The molecule has 0 spiro atoms. The number of amides is 1. The van der Waals surface area contributed by atoms with Crippen molar-refractivity contribution in [3.05, 3.63) is 94.8 Å². The van der Waals surface area contributed by atoms with Gasteiger partial charge in [0.2, 0.25) is 5.91 Å². The minimum atomic E-state index is -0.569. The lowest BCUT2D eigenvalue weighted by Gasteiger charge is -2.18. The van der Waals surface area contributed by atoms with E-state index in [-0.39, 0.29) is 23.0 Å². The van der Waals surface area contributed by atoms with Gasteiger partial charge in [0.1, 0.15) is 5.82 Å². The fourth-order valence-corrected chi connectivity index (χ4v) is 4.74. The van der Waals surface area contributed by atoms with Crippen LogP contribution in [0.4, 0.5) is 10.1 Å². The molecule has 7 nitrogen and oxygen atoms in total. The van der Waals surface area contributed by atoms with Crippen LogP contribution in [0.2, 0.25) is 0 Å². The Balaban J connectivity index is 1.33. The second kappa shape index (κ2) is 8.92. The topological polar surface area (TPSA) is 93.9 Å². The van der Waals surface area contributed by atoms with E-state index in [1.165, 1.54) is 23.9 Å². The van der Waals surface area contributed by atoms with Gasteiger partial charge in [-0.3, -0.25) is 14.4 Å². The van der Waals surface area contributed by atoms with Crippen molar-refractivity contribution in [1.82, 2.24) is 14.8 Å². The monoisotopic (exact) mass is 486 g/mol. The van der Waals surface area contributed by atoms with E-state index in [9.17, 15) is 18.8 Å². The Bertz CT molecular complexity index is 1510. The second-order valence-corrected chi connectivity index (χ2v) is 9.37. The highest BCUT2D eigenvalue weighted by Crippen LogP contribution is 2.30. The maximum absolute atomic E-state index is 14.2. The summed E-state index contributed by atoms with van der Waals surface area (Å²) in [5.41, 5.74) is 2.03. The number of benzene rings is 3. The highest BCUT2D eigenvalue weighted by Gasteiger charge is 2.30. The zero-order valence-electron chi connectivity index (χ0n) is 18.8. The summed E-state index contributed by atoms with van der Waals surface area (Å²) in [5.74, 6) is -0.844. The average Bonchev–Trinajstić information content (AvgIpc) is 3.22. The van der Waals surface area contributed by atoms with Crippen LogP contribution in [0.1, 0.15) is 38.8 Å². The molecule has 174 valence electrons. The molecule has 0 radical (unpaired) electrons. The number of rotatable bonds is 5. The van der Waals surface area contributed by atoms with Gasteiger partial charge >= 0.3 is 0 Å². The standard InChI is InChI=1S/C26H19FN4O3S/c1-14(35-26-30-29-24(31(26)2)19-9-5-6-10-21(19)27)25(34)28-15-11-12-18-20(13-15)23(33)17-8-4-3-7-16(17)22(18)32/h3-14H,1-2H3,(H,28,34). The van der Waals surface area contributed by atoms with Crippen LogP contribution in [-0.4, -0.2) is 37.5 Å². The second-order valence-electron chi connectivity index (χ2n) is 8.06. The van der Waals surface area contributed by atoms with Crippen LogP contribution in [0.15, 0.2) is 71.9 Å². The highest BCUT2D eigenvalue weighted by molar-refractivity contribution is 8.00. The van der Waals surface area contributed by atoms with Crippen molar-refractivity contribution >= 4 is 34.9 Å². The highest BCUT2D eigenvalue weighted by atomic mass is 32.2. The molecule has 9 heteroatoms. The number of fused-ring (bicyclic) bond motifs is 2. The van der Waals surface area contributed by atoms with Crippen molar-refractivity contribution in [2.24, 2.45) is 7.05 Å². The molecule has 0 bridgehead atoms. The molecule has 1 aliphatic carbocycles. The molecule has 0 aliphatic heterocycles. The zero-order chi connectivity index (χ0) is 24.7. The summed E-state index contributed by atoms with van der Waals surface area (Å²) < 4.78 is 15.8. The van der Waals surface area contributed by atoms with E-state index in [2.05, 4.69) is 15.5 Å². The van der Waals surface area contributed by atoms with E-state index < -0.39 is 11.1 Å². The molecular formula is C26H19FN4O3S. The van der Waals surface area contributed by atoms with Crippen LogP contribution in [0.25, 0.3) is 11.4 Å². The van der Waals surface area contributed by atoms with Gasteiger partial charge in [-0.05, 0) is 37.3 Å². The molecule has 1 aromatic heterocycles. The number of carbonyl (C=O) groups excluding carboxylic acids is 3. The van der Waals surface area contributed by atoms with Crippen molar-refractivity contribution < 1.29 is 18.8 Å². The van der Waals surface area contributed by atoms with Crippen molar-refractivity contribution in [3.8, 4) is 11.4 Å². The van der Waals surface area contributed by atoms with E-state index in [0.29, 0.717) is 38.9 Å². The van der Waals surface area contributed by atoms with Crippen LogP contribution in [0.3, 0.4) is 0 Å². The van der Waals surface area contributed by atoms with Gasteiger partial charge in [-0.25, -0.2) is 4.39 Å². The zero-order valence-corrected chi connectivity index (χ0v) is 19.6. The maximum Gasteiger partial charge on any atom is 0.237 e. The minimum Gasteiger partial charge on any atom is -0.325 e. The molecular weight excluding hydrogens is 467 g/mol. The number of hydrogen-bond donors (Lipinski definition) is 1. The lowest BCUT2D eigenvalue weighted by Crippen LogP contribution is -2.24. The van der Waals surface area contributed by atoms with Crippen molar-refractivity contribution in [2.75, 3.05) is 5.32 Å². The van der Waals surface area contributed by atoms with E-state index in [1.54, 1.807) is 73.1 Å². The summed E-state index contributed by atoms with van der Waals surface area (Å²) in [7, 11) is 1.71. The lowest BCUT2D eigenvalue weighted by atomic mass is 9.84. The first-order valence-corrected chi connectivity index (χ1v) is 11.7. The third-order valence-electron chi connectivity index (χ3n) is 5.79. The number of aromatic nitrogens is 3. The summed E-state index contributed by atoms with van der Waals surface area (Å²) >= 11 is 1.17. The molecule has 1 N–H and O–H groups in total. The lowest BCUT2D eigenvalue weighted by molar-refractivity contribution is -0.115. The normalized spacial score (nSPS) is 13.2. The molecule has 1 amide bonds. The maximum atomic E-state index is 14.2. The number of halogens is 1. The number of ketones is 2. The van der Waals surface area contributed by atoms with E-state index in [4.69, 9.17) is 0 Å². The van der Waals surface area contributed by atoms with Crippen LogP contribution in [0, 0.1) is 5.82 Å². The molecule has 0 fully saturated rings. The number of carbonyl (C=O) groups is 3. The summed E-state index contributed by atoms with van der Waals surface area (Å²) in [6.45, 7) is 1.71. The largest absolute Gasteiger partial charge is 0.325 e. The number of nitrogens with one attached hydrogen (secondary N) is 1. The summed E-state index contributed by atoms with van der Waals surface area (Å²) in [4.78, 5) is 38.6. The number of anilines is 1. The quantitative estimate of drug-likeness (QED) is 0.367. The van der Waals surface area contributed by atoms with Crippen LogP contribution in [-0.2, 0) is 11.8 Å². The van der Waals surface area contributed by atoms with E-state index >= 15 is 0 Å². The summed E-state index contributed by atoms with van der Waals surface area (Å²) in [5, 5.41) is 10.9. The van der Waals surface area contributed by atoms with Crippen molar-refractivity contribution in [2.45, 2.75) is 17.3 Å². The molecule has 5 rings (SSSR count). The predicted octanol–water partition coefficient (Wildman–Crippen LogP) is 4.52. The Labute approximate surface area is 204 Å². The van der Waals surface area contributed by atoms with Gasteiger partial charge in [0.05, 0.1) is 10.8 Å². The van der Waals surface area contributed by atoms with Crippen molar-refractivity contribution in [1.29, 1.82) is 0 Å². The van der Waals surface area contributed by atoms with Gasteiger partial charge in [0.25, 0.3) is 0 Å². The number of thioether (sulfide) groups is 1. The van der Waals surface area contributed by atoms with Gasteiger partial charge in [0.15, 0.2) is 22.5 Å². The average molecular weight is 487 g/mol. The van der Waals surface area contributed by atoms with Crippen molar-refractivity contribution in [3.63, 3.8) is 0 Å². The van der Waals surface area contributed by atoms with Gasteiger partial charge in [-0.15, -0.1) is 10.2 Å². The fourth-order valence-electron chi connectivity index (χ4n) is 3.93. The Morgan fingerprint density at radius 2 is 1.49 bits per heavy atom. The molecule has 4 aromatic rings. The molecule has 1 atom stereocenters. The first-order chi connectivity index (χ1) is 16.8. The van der Waals surface area contributed by atoms with Crippen LogP contribution >= 0.6 is 11.8 Å². The third-order valence-corrected chi connectivity index (χ3v) is 6.93. The molecule has 3 aromatic carbocycles. The molecule has 0 saturated carbocycles. The van der Waals surface area contributed by atoms with Crippen LogP contribution in [0.5, 0.6) is 0 Å². The minimum absolute atomic E-state index is 0.218. The molecule has 0 saturated heterocycles. The molecule has 35 heavy (non-hydrogen) atoms. The Kier molecular flexibility index (Phi) is 5.78. The Morgan fingerprint density at radius 3 is 2.17 bits per heavy atom. The third kappa shape index (κ3) is 4.04. The van der Waals surface area contributed by atoms with E-state index in [1.807, 2.05) is 0 Å². The fraction of sp³-hybridized carbons (Fsp3) is 0.115. The van der Waals surface area contributed by atoms with Gasteiger partial charge in [-0.1, -0.05) is 48.2 Å². The van der Waals surface area contributed by atoms with Gasteiger partial charge in [-0.2, -0.15) is 0 Å². The summed E-state index contributed by atoms with van der Waals surface area (Å²) in [6.07, 6.45) is 0. The first-order valence-electron chi connectivity index (χ1n) is 10.8. The summed E-state index contributed by atoms with van der Waals surface area (Å²) in [6, 6.07) is 17.7. The molecule has 1 unspecified atom stereocenters. The predicted molar refractivity (Wildman–Crippen MR) is 130 cm³/mol. The SMILES string of the molecule is CC(Sc1nnc(-c2ccccc2F)n1C)C(=O)Nc1ccc2c(c1)C(=O)c1ccccc1C2=O. The molecule has 1 aliphatic rings. The number of nitrogens with zero attached hydrogens (tertiary/aromatic N) is 3. The smallest absolute Gasteiger partial charge is 0.237 e. The van der Waals surface area contributed by atoms with Crippen LogP contribution < -0.4 is 5.32 Å². The van der Waals surface area contributed by atoms with E-state index in [0.717, 1.165) is 0 Å².